The van der Waals surface area contributed by atoms with Gasteiger partial charge in [-0.05, 0) is 48.7 Å². The van der Waals surface area contributed by atoms with Crippen molar-refractivity contribution in [3.05, 3.63) is 78.2 Å². The van der Waals surface area contributed by atoms with Crippen LogP contribution in [0.25, 0.3) is 10.9 Å². The van der Waals surface area contributed by atoms with Gasteiger partial charge in [0.15, 0.2) is 5.82 Å². The zero-order valence-electron chi connectivity index (χ0n) is 18.3. The lowest BCUT2D eigenvalue weighted by molar-refractivity contribution is 0.298. The minimum atomic E-state index is -0.267. The highest BCUT2D eigenvalue weighted by molar-refractivity contribution is 5.95. The summed E-state index contributed by atoms with van der Waals surface area (Å²) in [7, 11) is 0. The summed E-state index contributed by atoms with van der Waals surface area (Å²) >= 11 is 0. The fourth-order valence-corrected chi connectivity index (χ4v) is 4.25. The Kier molecular flexibility index (Phi) is 7.16. The summed E-state index contributed by atoms with van der Waals surface area (Å²) in [6, 6.07) is 18.7. The molecule has 5 rings (SSSR count). The van der Waals surface area contributed by atoms with Crippen LogP contribution in [0.5, 0.6) is 5.88 Å². The van der Waals surface area contributed by atoms with E-state index in [-0.39, 0.29) is 5.82 Å². The first-order valence-electron chi connectivity index (χ1n) is 11.1. The van der Waals surface area contributed by atoms with Gasteiger partial charge in [-0.3, -0.25) is 4.68 Å². The van der Waals surface area contributed by atoms with Gasteiger partial charge in [0, 0.05) is 18.5 Å². The number of fused-ring (bicyclic) bond motifs is 1. The Labute approximate surface area is 192 Å². The maximum absolute atomic E-state index is 13.4. The summed E-state index contributed by atoms with van der Waals surface area (Å²) in [5.74, 6) is 0.966. The standard InChI is InChI=1S/C25H25FN4O.CHN/c26-19-11-13-20(14-12-19)28-24-23-22(30(29-24)21-9-5-2-6-10-21)15-16-27-25(23)31-17-18-7-3-1-4-8-18;1-2/h1,3-4,7-8,11-16,21H,2,5-6,9-10,17H2,(H,28,29);1H. The maximum Gasteiger partial charge on any atom is 0.227 e. The van der Waals surface area contributed by atoms with Gasteiger partial charge in [-0.25, -0.2) is 14.6 Å². The first-order chi connectivity index (χ1) is 16.3. The Balaban J connectivity index is 0.00000126. The molecule has 1 saturated carbocycles. The van der Waals surface area contributed by atoms with Crippen LogP contribution < -0.4 is 10.1 Å². The second-order valence-electron chi connectivity index (χ2n) is 8.00. The third kappa shape index (κ3) is 5.12. The van der Waals surface area contributed by atoms with E-state index in [4.69, 9.17) is 15.1 Å². The summed E-state index contributed by atoms with van der Waals surface area (Å²) in [6.07, 6.45) is 7.74. The predicted octanol–water partition coefficient (Wildman–Crippen LogP) is 6.54. The molecular formula is C26H26FN5O. The van der Waals surface area contributed by atoms with Crippen LogP contribution in [0.1, 0.15) is 43.7 Å². The maximum atomic E-state index is 13.4. The molecule has 0 spiro atoms. The molecule has 0 saturated heterocycles. The van der Waals surface area contributed by atoms with Gasteiger partial charge in [-0.15, -0.1) is 0 Å². The van der Waals surface area contributed by atoms with E-state index in [0.717, 1.165) is 35.0 Å². The Morgan fingerprint density at radius 1 is 1.00 bits per heavy atom. The SMILES string of the molecule is C#N.Fc1ccc(Nc2nn(C3CCCCC3)c3ccnc(OCc4ccccc4)c23)cc1. The van der Waals surface area contributed by atoms with Crippen molar-refractivity contribution in [2.24, 2.45) is 0 Å². The molecule has 2 heterocycles. The van der Waals surface area contributed by atoms with Crippen molar-refractivity contribution < 1.29 is 9.13 Å². The average molecular weight is 444 g/mol. The van der Waals surface area contributed by atoms with Crippen LogP contribution in [0, 0.1) is 17.7 Å². The molecule has 0 amide bonds. The molecule has 0 radical (unpaired) electrons. The van der Waals surface area contributed by atoms with Gasteiger partial charge in [0.2, 0.25) is 5.88 Å². The molecule has 1 aliphatic carbocycles. The number of nitriles is 1. The number of nitrogens with zero attached hydrogens (tertiary/aromatic N) is 4. The quantitative estimate of drug-likeness (QED) is 0.366. The van der Waals surface area contributed by atoms with Crippen LogP contribution in [0.3, 0.4) is 0 Å². The van der Waals surface area contributed by atoms with Crippen LogP contribution in [-0.4, -0.2) is 14.8 Å². The summed E-state index contributed by atoms with van der Waals surface area (Å²) in [5.41, 5.74) is 2.86. The first-order valence-corrected chi connectivity index (χ1v) is 11.1. The zero-order valence-corrected chi connectivity index (χ0v) is 18.3. The summed E-state index contributed by atoms with van der Waals surface area (Å²) in [6.45, 7) is 3.93. The molecule has 4 aromatic rings. The number of halogens is 1. The third-order valence-corrected chi connectivity index (χ3v) is 5.83. The molecule has 2 aromatic carbocycles. The molecule has 1 fully saturated rings. The highest BCUT2D eigenvalue weighted by Crippen LogP contribution is 2.37. The Hall–Kier alpha value is -3.92. The fraction of sp³-hybridized carbons (Fsp3) is 0.269. The van der Waals surface area contributed by atoms with Crippen molar-refractivity contribution in [3.63, 3.8) is 0 Å². The third-order valence-electron chi connectivity index (χ3n) is 5.83. The lowest BCUT2D eigenvalue weighted by atomic mass is 9.95. The Bertz CT molecular complexity index is 1200. The van der Waals surface area contributed by atoms with E-state index in [0.29, 0.717) is 24.3 Å². The van der Waals surface area contributed by atoms with E-state index in [1.807, 2.05) is 36.4 Å². The van der Waals surface area contributed by atoms with Gasteiger partial charge >= 0.3 is 0 Å². The Morgan fingerprint density at radius 3 is 2.45 bits per heavy atom. The van der Waals surface area contributed by atoms with Crippen LogP contribution in [0.4, 0.5) is 15.9 Å². The minimum Gasteiger partial charge on any atom is -0.472 e. The summed E-state index contributed by atoms with van der Waals surface area (Å²) < 4.78 is 21.6. The predicted molar refractivity (Wildman–Crippen MR) is 127 cm³/mol. The molecule has 33 heavy (non-hydrogen) atoms. The number of hydrogen-bond donors (Lipinski definition) is 1. The largest absolute Gasteiger partial charge is 0.472 e. The zero-order chi connectivity index (χ0) is 23.0. The normalized spacial score (nSPS) is 13.8. The summed E-state index contributed by atoms with van der Waals surface area (Å²) in [5, 5.41) is 15.6. The van der Waals surface area contributed by atoms with Crippen LogP contribution in [0.15, 0.2) is 66.9 Å². The van der Waals surface area contributed by atoms with Gasteiger partial charge in [0.25, 0.3) is 0 Å². The highest BCUT2D eigenvalue weighted by Gasteiger charge is 2.23. The van der Waals surface area contributed by atoms with Gasteiger partial charge < -0.3 is 10.1 Å². The van der Waals surface area contributed by atoms with Crippen molar-refractivity contribution in [1.29, 1.82) is 5.26 Å². The smallest absolute Gasteiger partial charge is 0.227 e. The van der Waals surface area contributed by atoms with Crippen molar-refractivity contribution >= 4 is 22.4 Å². The van der Waals surface area contributed by atoms with E-state index in [9.17, 15) is 4.39 Å². The summed E-state index contributed by atoms with van der Waals surface area (Å²) in [4.78, 5) is 4.52. The lowest BCUT2D eigenvalue weighted by Gasteiger charge is -2.22. The number of nitrogens with one attached hydrogen (secondary N) is 1. The monoisotopic (exact) mass is 443 g/mol. The number of rotatable bonds is 6. The molecule has 7 heteroatoms. The van der Waals surface area contributed by atoms with Crippen LogP contribution >= 0.6 is 0 Å². The van der Waals surface area contributed by atoms with Gasteiger partial charge in [-0.1, -0.05) is 49.6 Å². The molecule has 2 aromatic heterocycles. The van der Waals surface area contributed by atoms with Gasteiger partial charge in [0.05, 0.1) is 11.6 Å². The van der Waals surface area contributed by atoms with E-state index in [1.165, 1.54) is 31.4 Å². The number of ether oxygens (including phenoxy) is 1. The molecule has 168 valence electrons. The van der Waals surface area contributed by atoms with E-state index >= 15 is 0 Å². The number of aromatic nitrogens is 3. The molecular weight excluding hydrogens is 417 g/mol. The van der Waals surface area contributed by atoms with Gasteiger partial charge in [0.1, 0.15) is 17.8 Å². The van der Waals surface area contributed by atoms with Crippen molar-refractivity contribution in [2.75, 3.05) is 5.32 Å². The molecule has 0 atom stereocenters. The number of pyridine rings is 1. The Morgan fingerprint density at radius 2 is 1.73 bits per heavy atom. The van der Waals surface area contributed by atoms with Crippen molar-refractivity contribution in [3.8, 4) is 12.5 Å². The highest BCUT2D eigenvalue weighted by atomic mass is 19.1. The van der Waals surface area contributed by atoms with E-state index in [1.54, 1.807) is 18.3 Å². The van der Waals surface area contributed by atoms with Crippen molar-refractivity contribution in [2.45, 2.75) is 44.8 Å². The van der Waals surface area contributed by atoms with E-state index in [2.05, 4.69) is 21.6 Å². The second kappa shape index (κ2) is 10.6. The van der Waals surface area contributed by atoms with Crippen LogP contribution in [-0.2, 0) is 6.61 Å². The van der Waals surface area contributed by atoms with Crippen LogP contribution in [0.2, 0.25) is 0 Å². The topological polar surface area (TPSA) is 75.8 Å². The first kappa shape index (κ1) is 22.3. The molecule has 0 aliphatic heterocycles. The second-order valence-corrected chi connectivity index (χ2v) is 8.00. The van der Waals surface area contributed by atoms with Gasteiger partial charge in [-0.2, -0.15) is 5.10 Å². The number of hydrogen-bond acceptors (Lipinski definition) is 5. The number of anilines is 2. The molecule has 1 N–H and O–H groups in total. The molecule has 1 aliphatic rings. The molecule has 0 bridgehead atoms. The van der Waals surface area contributed by atoms with E-state index < -0.39 is 0 Å². The minimum absolute atomic E-state index is 0.267. The fourth-order valence-electron chi connectivity index (χ4n) is 4.25. The lowest BCUT2D eigenvalue weighted by Crippen LogP contribution is -2.14. The number of benzene rings is 2. The average Bonchev–Trinajstić information content (AvgIpc) is 3.25. The molecule has 6 nitrogen and oxygen atoms in total. The molecule has 0 unspecified atom stereocenters. The van der Waals surface area contributed by atoms with Crippen molar-refractivity contribution in [1.82, 2.24) is 14.8 Å².